The average molecular weight is 567 g/mol. The summed E-state index contributed by atoms with van der Waals surface area (Å²) in [6.07, 6.45) is 1.63. The number of halogens is 1. The number of amides is 3. The molecule has 9 heteroatoms. The molecule has 1 fully saturated rings. The molecule has 0 bridgehead atoms. The van der Waals surface area contributed by atoms with Crippen LogP contribution in [0.5, 0.6) is 11.5 Å². The van der Waals surface area contributed by atoms with E-state index in [0.29, 0.717) is 44.4 Å². The summed E-state index contributed by atoms with van der Waals surface area (Å²) in [6, 6.07) is 19.7. The van der Waals surface area contributed by atoms with Crippen LogP contribution in [0.25, 0.3) is 6.08 Å². The van der Waals surface area contributed by atoms with Crippen molar-refractivity contribution in [1.29, 1.82) is 0 Å². The third kappa shape index (κ3) is 5.98. The number of nitrogens with zero attached hydrogens (tertiary/aromatic N) is 1. The van der Waals surface area contributed by atoms with Crippen molar-refractivity contribution >= 4 is 62.2 Å². The van der Waals surface area contributed by atoms with E-state index in [9.17, 15) is 14.4 Å². The Hall–Kier alpha value is -3.56. The topological polar surface area (TPSA) is 84.9 Å². The van der Waals surface area contributed by atoms with Gasteiger partial charge in [0.2, 0.25) is 0 Å². The maximum absolute atomic E-state index is 12.9. The number of aryl methyl sites for hydroxylation is 1. The molecule has 184 valence electrons. The van der Waals surface area contributed by atoms with Gasteiger partial charge in [0, 0.05) is 5.69 Å². The minimum Gasteiger partial charge on any atom is -0.490 e. The quantitative estimate of drug-likeness (QED) is 0.317. The highest BCUT2D eigenvalue weighted by Gasteiger charge is 2.36. The maximum atomic E-state index is 12.9. The molecule has 3 aromatic carbocycles. The molecule has 36 heavy (non-hydrogen) atoms. The van der Waals surface area contributed by atoms with Gasteiger partial charge in [-0.1, -0.05) is 35.9 Å². The van der Waals surface area contributed by atoms with Crippen LogP contribution in [0, 0.1) is 6.92 Å². The number of carbonyl (C=O) groups excluding carboxylic acids is 3. The van der Waals surface area contributed by atoms with Crippen molar-refractivity contribution < 1.29 is 23.9 Å². The predicted octanol–water partition coefficient (Wildman–Crippen LogP) is 6.41. The van der Waals surface area contributed by atoms with Crippen molar-refractivity contribution in [3.63, 3.8) is 0 Å². The summed E-state index contributed by atoms with van der Waals surface area (Å²) in [4.78, 5) is 39.3. The van der Waals surface area contributed by atoms with Crippen LogP contribution in [-0.2, 0) is 9.59 Å². The number of hydrogen-bond acceptors (Lipinski definition) is 6. The molecule has 0 saturated carbocycles. The van der Waals surface area contributed by atoms with Crippen molar-refractivity contribution in [2.45, 2.75) is 13.8 Å². The number of hydrogen-bond donors (Lipinski definition) is 1. The summed E-state index contributed by atoms with van der Waals surface area (Å²) >= 11 is 4.36. The van der Waals surface area contributed by atoms with E-state index in [1.807, 2.05) is 44.2 Å². The summed E-state index contributed by atoms with van der Waals surface area (Å²) in [5, 5.41) is 2.43. The van der Waals surface area contributed by atoms with Crippen LogP contribution in [0.15, 0.2) is 76.1 Å². The fourth-order valence-corrected chi connectivity index (χ4v) is 4.88. The number of anilines is 2. The highest BCUT2D eigenvalue weighted by atomic mass is 79.9. The first-order valence-electron chi connectivity index (χ1n) is 11.1. The molecule has 0 aliphatic carbocycles. The lowest BCUT2D eigenvalue weighted by Gasteiger charge is -2.15. The Kier molecular flexibility index (Phi) is 8.12. The Morgan fingerprint density at radius 2 is 1.78 bits per heavy atom. The molecule has 3 aromatic rings. The standard InChI is InChI=1S/C27H23BrN2O5S/c1-3-34-22-14-18(15-23-26(32)30(27(33)36-23)20-7-5-4-6-8-20)13-21(28)25(22)35-16-24(31)29-19-11-9-17(2)10-12-19/h4-15H,3,16H2,1-2H3,(H,29,31)/b23-15+. The van der Waals surface area contributed by atoms with E-state index in [0.717, 1.165) is 22.2 Å². The zero-order valence-electron chi connectivity index (χ0n) is 19.6. The highest BCUT2D eigenvalue weighted by molar-refractivity contribution is 9.10. The fourth-order valence-electron chi connectivity index (χ4n) is 3.46. The molecule has 0 unspecified atom stereocenters. The van der Waals surface area contributed by atoms with Gasteiger partial charge in [0.1, 0.15) is 0 Å². The predicted molar refractivity (Wildman–Crippen MR) is 146 cm³/mol. The van der Waals surface area contributed by atoms with Gasteiger partial charge in [0.25, 0.3) is 17.1 Å². The normalized spacial score (nSPS) is 14.3. The van der Waals surface area contributed by atoms with Crippen molar-refractivity contribution in [3.8, 4) is 11.5 Å². The summed E-state index contributed by atoms with van der Waals surface area (Å²) < 4.78 is 12.1. The summed E-state index contributed by atoms with van der Waals surface area (Å²) in [5.74, 6) is 0.0687. The molecule has 0 radical (unpaired) electrons. The lowest BCUT2D eigenvalue weighted by Crippen LogP contribution is -2.27. The lowest BCUT2D eigenvalue weighted by molar-refractivity contribution is -0.118. The number of ether oxygens (including phenoxy) is 2. The summed E-state index contributed by atoms with van der Waals surface area (Å²) in [7, 11) is 0. The average Bonchev–Trinajstić information content (AvgIpc) is 3.13. The van der Waals surface area contributed by atoms with Crippen molar-refractivity contribution in [2.24, 2.45) is 0 Å². The number of para-hydroxylation sites is 1. The number of nitrogens with one attached hydrogen (secondary N) is 1. The first kappa shape index (κ1) is 25.5. The van der Waals surface area contributed by atoms with Crippen LogP contribution < -0.4 is 19.7 Å². The van der Waals surface area contributed by atoms with Crippen LogP contribution in [-0.4, -0.2) is 30.3 Å². The molecular formula is C27H23BrN2O5S. The molecule has 0 aromatic heterocycles. The molecular weight excluding hydrogens is 544 g/mol. The number of carbonyl (C=O) groups is 3. The fraction of sp³-hybridized carbons (Fsp3) is 0.148. The molecule has 7 nitrogen and oxygen atoms in total. The maximum Gasteiger partial charge on any atom is 0.298 e. The van der Waals surface area contributed by atoms with Crippen molar-refractivity contribution in [1.82, 2.24) is 0 Å². The molecule has 1 heterocycles. The smallest absolute Gasteiger partial charge is 0.298 e. The Labute approximate surface area is 221 Å². The van der Waals surface area contributed by atoms with Gasteiger partial charge in [-0.15, -0.1) is 0 Å². The Bertz CT molecular complexity index is 1330. The van der Waals surface area contributed by atoms with Crippen LogP contribution in [0.2, 0.25) is 0 Å². The van der Waals surface area contributed by atoms with E-state index in [-0.39, 0.29) is 17.8 Å². The second-order valence-corrected chi connectivity index (χ2v) is 9.67. The van der Waals surface area contributed by atoms with E-state index < -0.39 is 5.91 Å². The zero-order chi connectivity index (χ0) is 25.7. The van der Waals surface area contributed by atoms with Crippen LogP contribution in [0.3, 0.4) is 0 Å². The van der Waals surface area contributed by atoms with Gasteiger partial charge in [0.15, 0.2) is 18.1 Å². The molecule has 1 N–H and O–H groups in total. The number of thioether (sulfide) groups is 1. The molecule has 1 aliphatic rings. The van der Waals surface area contributed by atoms with Gasteiger partial charge < -0.3 is 14.8 Å². The second kappa shape index (κ2) is 11.5. The minimum atomic E-state index is -0.390. The molecule has 0 spiro atoms. The van der Waals surface area contributed by atoms with E-state index in [4.69, 9.17) is 9.47 Å². The number of imide groups is 1. The van der Waals surface area contributed by atoms with Crippen LogP contribution >= 0.6 is 27.7 Å². The van der Waals surface area contributed by atoms with Gasteiger partial charge >= 0.3 is 0 Å². The second-order valence-electron chi connectivity index (χ2n) is 7.82. The first-order chi connectivity index (χ1) is 17.4. The highest BCUT2D eigenvalue weighted by Crippen LogP contribution is 2.40. The van der Waals surface area contributed by atoms with Gasteiger partial charge in [-0.05, 0) is 89.6 Å². The summed E-state index contributed by atoms with van der Waals surface area (Å²) in [6.45, 7) is 3.95. The van der Waals surface area contributed by atoms with E-state index >= 15 is 0 Å². The molecule has 0 atom stereocenters. The van der Waals surface area contributed by atoms with E-state index in [2.05, 4.69) is 21.2 Å². The van der Waals surface area contributed by atoms with E-state index in [1.54, 1.807) is 42.5 Å². The lowest BCUT2D eigenvalue weighted by atomic mass is 10.1. The minimum absolute atomic E-state index is 0.220. The third-order valence-corrected chi connectivity index (χ3v) is 6.58. The van der Waals surface area contributed by atoms with Crippen LogP contribution in [0.4, 0.5) is 16.2 Å². The SMILES string of the molecule is CCOc1cc(/C=C2/SC(=O)N(c3ccccc3)C2=O)cc(Br)c1OCC(=O)Nc1ccc(C)cc1. The van der Waals surface area contributed by atoms with Crippen molar-refractivity contribution in [2.75, 3.05) is 23.4 Å². The third-order valence-electron chi connectivity index (χ3n) is 5.12. The molecule has 3 amide bonds. The van der Waals surface area contributed by atoms with Crippen molar-refractivity contribution in [3.05, 3.63) is 87.2 Å². The van der Waals surface area contributed by atoms with Crippen LogP contribution in [0.1, 0.15) is 18.1 Å². The first-order valence-corrected chi connectivity index (χ1v) is 12.8. The molecule has 1 saturated heterocycles. The molecule has 4 rings (SSSR count). The Morgan fingerprint density at radius 1 is 1.06 bits per heavy atom. The Morgan fingerprint density at radius 3 is 2.47 bits per heavy atom. The van der Waals surface area contributed by atoms with Gasteiger partial charge in [0.05, 0.1) is 21.7 Å². The number of benzene rings is 3. The van der Waals surface area contributed by atoms with Gasteiger partial charge in [-0.2, -0.15) is 0 Å². The number of rotatable bonds is 8. The molecule has 1 aliphatic heterocycles. The Balaban J connectivity index is 1.51. The van der Waals surface area contributed by atoms with Gasteiger partial charge in [-0.3, -0.25) is 14.4 Å². The summed E-state index contributed by atoms with van der Waals surface area (Å²) in [5.41, 5.74) is 2.94. The zero-order valence-corrected chi connectivity index (χ0v) is 22.0. The largest absolute Gasteiger partial charge is 0.490 e. The monoisotopic (exact) mass is 566 g/mol. The van der Waals surface area contributed by atoms with E-state index in [1.165, 1.54) is 0 Å². The van der Waals surface area contributed by atoms with Gasteiger partial charge in [-0.25, -0.2) is 4.90 Å².